The van der Waals surface area contributed by atoms with Crippen molar-refractivity contribution >= 4 is 23.0 Å². The van der Waals surface area contributed by atoms with Crippen LogP contribution in [0.2, 0.25) is 0 Å². The number of nitrogens with one attached hydrogen (secondary N) is 1. The highest BCUT2D eigenvalue weighted by Crippen LogP contribution is 2.42. The summed E-state index contributed by atoms with van der Waals surface area (Å²) in [4.78, 5) is 6.69. The van der Waals surface area contributed by atoms with Crippen LogP contribution in [-0.4, -0.2) is 14.7 Å². The third-order valence-electron chi connectivity index (χ3n) is 5.57. The maximum atomic E-state index is 14.7. The normalized spacial score (nSPS) is 18.3. The fraction of sp³-hybridized carbons (Fsp3) is 0.120. The summed E-state index contributed by atoms with van der Waals surface area (Å²) in [6.45, 7) is 2.06. The van der Waals surface area contributed by atoms with E-state index < -0.39 is 0 Å². The van der Waals surface area contributed by atoms with Gasteiger partial charge in [0.15, 0.2) is 5.11 Å². The Balaban J connectivity index is 1.69. The monoisotopic (exact) mass is 428 g/mol. The van der Waals surface area contributed by atoms with Crippen molar-refractivity contribution in [2.24, 2.45) is 0 Å². The molecule has 0 spiro atoms. The Morgan fingerprint density at radius 1 is 0.968 bits per heavy atom. The van der Waals surface area contributed by atoms with Crippen LogP contribution < -0.4 is 10.2 Å². The van der Waals surface area contributed by atoms with Crippen molar-refractivity contribution in [3.8, 4) is 5.69 Å². The van der Waals surface area contributed by atoms with Crippen molar-refractivity contribution in [2.75, 3.05) is 4.90 Å². The number of benzene rings is 2. The van der Waals surface area contributed by atoms with E-state index in [-0.39, 0.29) is 17.9 Å². The first-order chi connectivity index (χ1) is 15.1. The predicted molar refractivity (Wildman–Crippen MR) is 125 cm³/mol. The number of anilines is 1. The molecule has 2 unspecified atom stereocenters. The molecule has 2 atom stereocenters. The summed E-state index contributed by atoms with van der Waals surface area (Å²) in [5, 5.41) is 4.08. The molecule has 0 radical (unpaired) electrons. The Kier molecular flexibility index (Phi) is 5.00. The van der Waals surface area contributed by atoms with Gasteiger partial charge in [-0.2, -0.15) is 0 Å². The summed E-state index contributed by atoms with van der Waals surface area (Å²) < 4.78 is 16.6. The topological polar surface area (TPSA) is 33.1 Å². The zero-order chi connectivity index (χ0) is 21.4. The fourth-order valence-electron chi connectivity index (χ4n) is 4.21. The molecular weight excluding hydrogens is 407 g/mol. The molecule has 1 fully saturated rings. The number of halogens is 1. The van der Waals surface area contributed by atoms with Crippen molar-refractivity contribution in [2.45, 2.75) is 19.0 Å². The summed E-state index contributed by atoms with van der Waals surface area (Å²) in [6, 6.07) is 24.5. The second-order valence-electron chi connectivity index (χ2n) is 7.59. The molecule has 1 aliphatic heterocycles. The Morgan fingerprint density at radius 3 is 2.58 bits per heavy atom. The molecule has 1 saturated heterocycles. The molecule has 154 valence electrons. The van der Waals surface area contributed by atoms with Gasteiger partial charge in [0.05, 0.1) is 17.4 Å². The number of pyridine rings is 1. The number of aromatic nitrogens is 2. The van der Waals surface area contributed by atoms with Crippen molar-refractivity contribution in [3.05, 3.63) is 114 Å². The summed E-state index contributed by atoms with van der Waals surface area (Å²) in [5.74, 6) is -0.273. The molecule has 31 heavy (non-hydrogen) atoms. The molecule has 0 bridgehead atoms. The maximum absolute atomic E-state index is 14.7. The van der Waals surface area contributed by atoms with Gasteiger partial charge in [-0.05, 0) is 73.2 Å². The minimum absolute atomic E-state index is 0.186. The van der Waals surface area contributed by atoms with E-state index in [2.05, 4.69) is 34.3 Å². The second kappa shape index (κ2) is 7.96. The lowest BCUT2D eigenvalue weighted by molar-refractivity contribution is 0.544. The van der Waals surface area contributed by atoms with Gasteiger partial charge >= 0.3 is 0 Å². The average Bonchev–Trinajstić information content (AvgIpc) is 3.39. The Morgan fingerprint density at radius 2 is 1.81 bits per heavy atom. The molecule has 0 saturated carbocycles. The number of hydrogen-bond donors (Lipinski definition) is 1. The van der Waals surface area contributed by atoms with E-state index in [0.717, 1.165) is 22.6 Å². The van der Waals surface area contributed by atoms with Gasteiger partial charge < -0.3 is 14.8 Å². The van der Waals surface area contributed by atoms with E-state index in [1.165, 1.54) is 6.07 Å². The minimum Gasteiger partial charge on any atom is -0.351 e. The van der Waals surface area contributed by atoms with Crippen LogP contribution in [0, 0.1) is 12.7 Å². The van der Waals surface area contributed by atoms with Crippen LogP contribution in [0.1, 0.15) is 29.0 Å². The van der Waals surface area contributed by atoms with Crippen molar-refractivity contribution in [3.63, 3.8) is 0 Å². The molecule has 0 amide bonds. The van der Waals surface area contributed by atoms with E-state index in [1.54, 1.807) is 18.3 Å². The van der Waals surface area contributed by atoms with Gasteiger partial charge in [0.1, 0.15) is 11.9 Å². The van der Waals surface area contributed by atoms with Crippen molar-refractivity contribution in [1.29, 1.82) is 0 Å². The largest absolute Gasteiger partial charge is 0.351 e. The van der Waals surface area contributed by atoms with E-state index in [9.17, 15) is 4.39 Å². The quantitative estimate of drug-likeness (QED) is 0.435. The van der Waals surface area contributed by atoms with Crippen LogP contribution in [0.3, 0.4) is 0 Å². The lowest BCUT2D eigenvalue weighted by Gasteiger charge is -2.29. The van der Waals surface area contributed by atoms with E-state index in [0.29, 0.717) is 10.8 Å². The second-order valence-corrected chi connectivity index (χ2v) is 7.98. The highest BCUT2D eigenvalue weighted by atomic mass is 32.1. The fourth-order valence-corrected chi connectivity index (χ4v) is 4.56. The van der Waals surface area contributed by atoms with Gasteiger partial charge in [-0.1, -0.05) is 30.3 Å². The van der Waals surface area contributed by atoms with Crippen molar-refractivity contribution < 1.29 is 4.39 Å². The zero-order valence-electron chi connectivity index (χ0n) is 16.9. The first kappa shape index (κ1) is 19.5. The molecule has 1 N–H and O–H groups in total. The highest BCUT2D eigenvalue weighted by Gasteiger charge is 2.42. The molecular formula is C25H21FN4S. The Labute approximate surface area is 186 Å². The van der Waals surface area contributed by atoms with E-state index in [4.69, 9.17) is 12.2 Å². The van der Waals surface area contributed by atoms with Crippen LogP contribution in [0.5, 0.6) is 0 Å². The first-order valence-electron chi connectivity index (χ1n) is 10.1. The number of thiocarbonyl (C=S) groups is 1. The maximum Gasteiger partial charge on any atom is 0.174 e. The van der Waals surface area contributed by atoms with Gasteiger partial charge in [-0.3, -0.25) is 4.98 Å². The van der Waals surface area contributed by atoms with Gasteiger partial charge in [-0.25, -0.2) is 4.39 Å². The lowest BCUT2D eigenvalue weighted by atomic mass is 10.0. The van der Waals surface area contributed by atoms with Crippen LogP contribution in [0.25, 0.3) is 5.69 Å². The third-order valence-corrected chi connectivity index (χ3v) is 5.89. The SMILES string of the molecule is Cc1cccc(N2C(=S)NC(c3ccccn3)C2c2cccn2-c2ccccc2F)c1. The number of rotatable bonds is 4. The molecule has 2 aromatic carbocycles. The molecule has 3 heterocycles. The summed E-state index contributed by atoms with van der Waals surface area (Å²) >= 11 is 5.78. The molecule has 5 rings (SSSR count). The summed E-state index contributed by atoms with van der Waals surface area (Å²) in [6.07, 6.45) is 3.67. The van der Waals surface area contributed by atoms with Crippen LogP contribution in [0.4, 0.5) is 10.1 Å². The predicted octanol–water partition coefficient (Wildman–Crippen LogP) is 5.50. The van der Waals surface area contributed by atoms with Crippen LogP contribution >= 0.6 is 12.2 Å². The van der Waals surface area contributed by atoms with Gasteiger partial charge in [0, 0.05) is 23.8 Å². The lowest BCUT2D eigenvalue weighted by Crippen LogP contribution is -2.30. The van der Waals surface area contributed by atoms with E-state index in [1.807, 2.05) is 59.3 Å². The molecule has 4 aromatic rings. The van der Waals surface area contributed by atoms with Crippen LogP contribution in [-0.2, 0) is 0 Å². The molecule has 4 nitrogen and oxygen atoms in total. The molecule has 2 aromatic heterocycles. The third kappa shape index (κ3) is 3.49. The van der Waals surface area contributed by atoms with Gasteiger partial charge in [0.25, 0.3) is 0 Å². The molecule has 0 aliphatic carbocycles. The van der Waals surface area contributed by atoms with Gasteiger partial charge in [-0.15, -0.1) is 0 Å². The van der Waals surface area contributed by atoms with Gasteiger partial charge in [0.2, 0.25) is 0 Å². The molecule has 1 aliphatic rings. The summed E-state index contributed by atoms with van der Waals surface area (Å²) in [7, 11) is 0. The number of hydrogen-bond acceptors (Lipinski definition) is 2. The van der Waals surface area contributed by atoms with Crippen molar-refractivity contribution in [1.82, 2.24) is 14.9 Å². The Bertz CT molecular complexity index is 1240. The standard InChI is InChI=1S/C25H21FN4S/c1-17-8-6-9-18(16-17)30-24(23(28-25(30)31)20-11-4-5-14-27-20)22-13-7-15-29(22)21-12-3-2-10-19(21)26/h2-16,23-24H,1H3,(H,28,31). The van der Waals surface area contributed by atoms with Crippen LogP contribution in [0.15, 0.2) is 91.3 Å². The smallest absolute Gasteiger partial charge is 0.174 e. The number of aryl methyl sites for hydroxylation is 1. The average molecular weight is 429 g/mol. The zero-order valence-corrected chi connectivity index (χ0v) is 17.8. The Hall–Kier alpha value is -3.51. The summed E-state index contributed by atoms with van der Waals surface area (Å²) in [5.41, 5.74) is 4.44. The van der Waals surface area contributed by atoms with E-state index >= 15 is 0 Å². The number of para-hydroxylation sites is 1. The number of nitrogens with zero attached hydrogens (tertiary/aromatic N) is 3. The minimum atomic E-state index is -0.273. The first-order valence-corrected chi connectivity index (χ1v) is 10.5. The molecule has 6 heteroatoms. The highest BCUT2D eigenvalue weighted by molar-refractivity contribution is 7.80.